The van der Waals surface area contributed by atoms with Crippen LogP contribution in [0.3, 0.4) is 0 Å². The summed E-state index contributed by atoms with van der Waals surface area (Å²) in [6, 6.07) is 17.7. The lowest BCUT2D eigenvalue weighted by molar-refractivity contribution is 0.587. The first-order valence-electron chi connectivity index (χ1n) is 7.80. The van der Waals surface area contributed by atoms with Gasteiger partial charge in [-0.05, 0) is 23.7 Å². The fraction of sp³-hybridized carbons (Fsp3) is 0.167. The standard InChI is InChI=1S/C18H19N3O2S2/c1-19-25(22,23)13-15-9-7-14(8-10-15)11-20-18-21-12-17(24-18)16-5-3-2-4-6-16/h2-10,12,19H,11,13H2,1H3,(H,20,21). The zero-order valence-electron chi connectivity index (χ0n) is 13.8. The third kappa shape index (κ3) is 4.88. The van der Waals surface area contributed by atoms with Crippen LogP contribution in [0, 0.1) is 0 Å². The topological polar surface area (TPSA) is 71.1 Å². The van der Waals surface area contributed by atoms with Gasteiger partial charge in [0.05, 0.1) is 10.6 Å². The van der Waals surface area contributed by atoms with Crippen LogP contribution in [0.15, 0.2) is 60.8 Å². The van der Waals surface area contributed by atoms with E-state index in [0.29, 0.717) is 6.54 Å². The number of thiazole rings is 1. The first kappa shape index (κ1) is 17.6. The molecule has 1 heterocycles. The van der Waals surface area contributed by atoms with Gasteiger partial charge in [0, 0.05) is 12.7 Å². The quantitative estimate of drug-likeness (QED) is 0.665. The Kier molecular flexibility index (Phi) is 5.47. The fourth-order valence-corrected chi connectivity index (χ4v) is 3.91. The number of benzene rings is 2. The summed E-state index contributed by atoms with van der Waals surface area (Å²) in [6.45, 7) is 0.640. The highest BCUT2D eigenvalue weighted by atomic mass is 32.2. The minimum absolute atomic E-state index is 0.00980. The predicted molar refractivity (Wildman–Crippen MR) is 103 cm³/mol. The molecule has 0 aliphatic rings. The van der Waals surface area contributed by atoms with Gasteiger partial charge in [0.25, 0.3) is 0 Å². The Labute approximate surface area is 151 Å². The van der Waals surface area contributed by atoms with E-state index >= 15 is 0 Å². The van der Waals surface area contributed by atoms with Gasteiger partial charge in [0.1, 0.15) is 0 Å². The van der Waals surface area contributed by atoms with E-state index in [1.54, 1.807) is 11.3 Å². The minimum atomic E-state index is -3.24. The largest absolute Gasteiger partial charge is 0.357 e. The molecule has 7 heteroatoms. The Bertz CT molecular complexity index is 920. The van der Waals surface area contributed by atoms with Crippen molar-refractivity contribution in [1.29, 1.82) is 0 Å². The highest BCUT2D eigenvalue weighted by Crippen LogP contribution is 2.28. The zero-order chi connectivity index (χ0) is 17.7. The maximum atomic E-state index is 11.6. The van der Waals surface area contributed by atoms with Crippen LogP contribution in [0.5, 0.6) is 0 Å². The van der Waals surface area contributed by atoms with E-state index in [9.17, 15) is 8.42 Å². The third-order valence-corrected chi connectivity index (χ3v) is 6.04. The van der Waals surface area contributed by atoms with Gasteiger partial charge in [-0.15, -0.1) is 0 Å². The highest BCUT2D eigenvalue weighted by molar-refractivity contribution is 7.88. The van der Waals surface area contributed by atoms with Crippen LogP contribution in [0.2, 0.25) is 0 Å². The van der Waals surface area contributed by atoms with Crippen LogP contribution in [-0.2, 0) is 22.3 Å². The van der Waals surface area contributed by atoms with Crippen molar-refractivity contribution in [3.05, 3.63) is 71.9 Å². The summed E-state index contributed by atoms with van der Waals surface area (Å²) < 4.78 is 25.4. The molecule has 0 aliphatic heterocycles. The molecule has 0 bridgehead atoms. The molecule has 0 saturated heterocycles. The van der Waals surface area contributed by atoms with Crippen LogP contribution < -0.4 is 10.0 Å². The molecule has 5 nitrogen and oxygen atoms in total. The van der Waals surface area contributed by atoms with Crippen LogP contribution in [0.4, 0.5) is 5.13 Å². The predicted octanol–water partition coefficient (Wildman–Crippen LogP) is 3.47. The van der Waals surface area contributed by atoms with E-state index < -0.39 is 10.0 Å². The van der Waals surface area contributed by atoms with Crippen molar-refractivity contribution in [2.75, 3.05) is 12.4 Å². The summed E-state index contributed by atoms with van der Waals surface area (Å²) in [5.74, 6) is -0.00980. The lowest BCUT2D eigenvalue weighted by atomic mass is 10.1. The molecule has 2 N–H and O–H groups in total. The number of anilines is 1. The molecule has 130 valence electrons. The van der Waals surface area contributed by atoms with Crippen molar-refractivity contribution >= 4 is 26.5 Å². The van der Waals surface area contributed by atoms with E-state index in [4.69, 9.17) is 0 Å². The Hall–Kier alpha value is -2.22. The second-order valence-corrected chi connectivity index (χ2v) is 8.49. The van der Waals surface area contributed by atoms with Crippen molar-refractivity contribution < 1.29 is 8.42 Å². The smallest absolute Gasteiger partial charge is 0.215 e. The summed E-state index contributed by atoms with van der Waals surface area (Å²) in [5, 5.41) is 4.17. The van der Waals surface area contributed by atoms with Gasteiger partial charge in [-0.25, -0.2) is 18.1 Å². The van der Waals surface area contributed by atoms with E-state index in [0.717, 1.165) is 26.7 Å². The van der Waals surface area contributed by atoms with Crippen molar-refractivity contribution in [3.8, 4) is 10.4 Å². The average Bonchev–Trinajstić information content (AvgIpc) is 3.11. The van der Waals surface area contributed by atoms with Crippen molar-refractivity contribution in [2.24, 2.45) is 0 Å². The normalized spacial score (nSPS) is 11.4. The van der Waals surface area contributed by atoms with Crippen LogP contribution in [-0.4, -0.2) is 20.4 Å². The number of hydrogen-bond donors (Lipinski definition) is 2. The number of aromatic nitrogens is 1. The van der Waals surface area contributed by atoms with Gasteiger partial charge in [-0.1, -0.05) is 65.9 Å². The maximum Gasteiger partial charge on any atom is 0.215 e. The lowest BCUT2D eigenvalue weighted by Crippen LogP contribution is -2.20. The second-order valence-electron chi connectivity index (χ2n) is 5.53. The van der Waals surface area contributed by atoms with Gasteiger partial charge in [0.2, 0.25) is 10.0 Å². The fourth-order valence-electron chi connectivity index (χ4n) is 2.31. The van der Waals surface area contributed by atoms with Crippen LogP contribution in [0.1, 0.15) is 11.1 Å². The van der Waals surface area contributed by atoms with E-state index in [1.165, 1.54) is 7.05 Å². The van der Waals surface area contributed by atoms with Gasteiger partial charge in [0.15, 0.2) is 5.13 Å². The number of sulfonamides is 1. The van der Waals surface area contributed by atoms with Gasteiger partial charge in [-0.2, -0.15) is 0 Å². The van der Waals surface area contributed by atoms with E-state index in [1.807, 2.05) is 48.7 Å². The second kappa shape index (κ2) is 7.77. The summed E-state index contributed by atoms with van der Waals surface area (Å²) in [6.07, 6.45) is 1.87. The van der Waals surface area contributed by atoms with Crippen LogP contribution in [0.25, 0.3) is 10.4 Å². The summed E-state index contributed by atoms with van der Waals surface area (Å²) in [7, 11) is -1.82. The zero-order valence-corrected chi connectivity index (χ0v) is 15.4. The molecule has 1 aromatic heterocycles. The number of nitrogens with zero attached hydrogens (tertiary/aromatic N) is 1. The molecular formula is C18H19N3O2S2. The van der Waals surface area contributed by atoms with Gasteiger partial charge < -0.3 is 5.32 Å². The highest BCUT2D eigenvalue weighted by Gasteiger charge is 2.08. The molecule has 0 radical (unpaired) electrons. The van der Waals surface area contributed by atoms with E-state index in [-0.39, 0.29) is 5.75 Å². The lowest BCUT2D eigenvalue weighted by Gasteiger charge is -2.06. The average molecular weight is 374 g/mol. The number of nitrogens with one attached hydrogen (secondary N) is 2. The molecule has 0 amide bonds. The molecule has 0 saturated carbocycles. The Morgan fingerprint density at radius 3 is 2.36 bits per heavy atom. The Morgan fingerprint density at radius 2 is 1.68 bits per heavy atom. The molecular weight excluding hydrogens is 354 g/mol. The maximum absolute atomic E-state index is 11.6. The first-order valence-corrected chi connectivity index (χ1v) is 10.3. The molecule has 3 aromatic rings. The Balaban J connectivity index is 1.60. The van der Waals surface area contributed by atoms with Crippen molar-refractivity contribution in [3.63, 3.8) is 0 Å². The van der Waals surface area contributed by atoms with Gasteiger partial charge >= 0.3 is 0 Å². The Morgan fingerprint density at radius 1 is 1.00 bits per heavy atom. The molecule has 0 spiro atoms. The van der Waals surface area contributed by atoms with E-state index in [2.05, 4.69) is 27.2 Å². The van der Waals surface area contributed by atoms with Crippen molar-refractivity contribution in [1.82, 2.24) is 9.71 Å². The molecule has 0 unspecified atom stereocenters. The van der Waals surface area contributed by atoms with Crippen molar-refractivity contribution in [2.45, 2.75) is 12.3 Å². The summed E-state index contributed by atoms with van der Waals surface area (Å²) in [4.78, 5) is 5.53. The molecule has 25 heavy (non-hydrogen) atoms. The summed E-state index contributed by atoms with van der Waals surface area (Å²) >= 11 is 1.61. The number of rotatable bonds is 7. The SMILES string of the molecule is CNS(=O)(=O)Cc1ccc(CNc2ncc(-c3ccccc3)s2)cc1. The summed E-state index contributed by atoms with van der Waals surface area (Å²) in [5.41, 5.74) is 2.99. The molecule has 3 rings (SSSR count). The van der Waals surface area contributed by atoms with Gasteiger partial charge in [-0.3, -0.25) is 0 Å². The molecule has 0 aliphatic carbocycles. The first-order chi connectivity index (χ1) is 12.1. The molecule has 2 aromatic carbocycles. The molecule has 0 fully saturated rings. The third-order valence-electron chi connectivity index (χ3n) is 3.70. The minimum Gasteiger partial charge on any atom is -0.357 e. The van der Waals surface area contributed by atoms with Crippen LogP contribution >= 0.6 is 11.3 Å². The monoisotopic (exact) mass is 373 g/mol. The number of hydrogen-bond acceptors (Lipinski definition) is 5. The molecule has 0 atom stereocenters.